The molecule has 0 unspecified atom stereocenters. The highest BCUT2D eigenvalue weighted by molar-refractivity contribution is 5.81. The quantitative estimate of drug-likeness (QED) is 0.716. The number of ether oxygens (including phenoxy) is 2. The zero-order valence-corrected chi connectivity index (χ0v) is 18.3. The lowest BCUT2D eigenvalue weighted by Gasteiger charge is -2.43. The van der Waals surface area contributed by atoms with Crippen LogP contribution in [0.15, 0.2) is 54.6 Å². The zero-order chi connectivity index (χ0) is 21.9. The van der Waals surface area contributed by atoms with E-state index in [1.165, 1.54) is 5.56 Å². The highest BCUT2D eigenvalue weighted by Gasteiger charge is 2.38. The number of carbonyl (C=O) groups excluding carboxylic acids is 2. The van der Waals surface area contributed by atoms with E-state index in [0.29, 0.717) is 18.9 Å². The average molecular weight is 435 g/mol. The lowest BCUT2D eigenvalue weighted by atomic mass is 9.87. The summed E-state index contributed by atoms with van der Waals surface area (Å²) >= 11 is 0. The summed E-state index contributed by atoms with van der Waals surface area (Å²) in [5.41, 5.74) is 1.30. The van der Waals surface area contributed by atoms with Crippen LogP contribution >= 0.6 is 0 Å². The molecule has 32 heavy (non-hydrogen) atoms. The summed E-state index contributed by atoms with van der Waals surface area (Å²) in [5.74, 6) is 2.44. The van der Waals surface area contributed by atoms with Crippen LogP contribution in [-0.4, -0.2) is 60.5 Å². The maximum absolute atomic E-state index is 13.1. The second-order valence-corrected chi connectivity index (χ2v) is 9.12. The van der Waals surface area contributed by atoms with Crippen molar-refractivity contribution in [3.05, 3.63) is 60.2 Å². The first-order valence-electron chi connectivity index (χ1n) is 11.7. The van der Waals surface area contributed by atoms with Gasteiger partial charge in [-0.2, -0.15) is 0 Å². The number of urea groups is 1. The van der Waals surface area contributed by atoms with Gasteiger partial charge in [0.15, 0.2) is 5.78 Å². The van der Waals surface area contributed by atoms with Gasteiger partial charge in [0.25, 0.3) is 0 Å². The van der Waals surface area contributed by atoms with Crippen molar-refractivity contribution in [3.8, 4) is 11.5 Å². The summed E-state index contributed by atoms with van der Waals surface area (Å²) in [6, 6.07) is 18.2. The minimum atomic E-state index is 0.117. The molecule has 0 bridgehead atoms. The van der Waals surface area contributed by atoms with Crippen molar-refractivity contribution in [2.24, 2.45) is 5.92 Å². The number of piperidine rings is 2. The second kappa shape index (κ2) is 9.33. The van der Waals surface area contributed by atoms with Crippen LogP contribution in [0.2, 0.25) is 0 Å². The molecule has 2 amide bonds. The lowest BCUT2D eigenvalue weighted by Crippen LogP contribution is -2.54. The largest absolute Gasteiger partial charge is 0.457 e. The van der Waals surface area contributed by atoms with Crippen LogP contribution in [0.1, 0.15) is 37.2 Å². The molecule has 2 atom stereocenters. The molecular weight excluding hydrogens is 404 g/mol. The molecular formula is C26H30N2O4. The summed E-state index contributed by atoms with van der Waals surface area (Å²) in [5, 5.41) is 0. The van der Waals surface area contributed by atoms with Gasteiger partial charge in [0, 0.05) is 38.5 Å². The number of nitrogens with zero attached hydrogens (tertiary/aromatic N) is 2. The summed E-state index contributed by atoms with van der Waals surface area (Å²) < 4.78 is 11.6. The molecule has 0 N–H and O–H groups in total. The van der Waals surface area contributed by atoms with Gasteiger partial charge in [-0.1, -0.05) is 30.3 Å². The summed E-state index contributed by atoms with van der Waals surface area (Å²) in [6.07, 6.45) is 3.44. The lowest BCUT2D eigenvalue weighted by molar-refractivity contribution is -0.139. The fourth-order valence-electron chi connectivity index (χ4n) is 5.19. The number of hydrogen-bond donors (Lipinski definition) is 0. The third-order valence-corrected chi connectivity index (χ3v) is 6.98. The van der Waals surface area contributed by atoms with E-state index in [2.05, 4.69) is 12.1 Å². The van der Waals surface area contributed by atoms with Crippen LogP contribution in [0.4, 0.5) is 4.79 Å². The van der Waals surface area contributed by atoms with Crippen molar-refractivity contribution < 1.29 is 19.1 Å². The number of carbonyl (C=O) groups is 2. The van der Waals surface area contributed by atoms with Crippen LogP contribution in [-0.2, 0) is 9.53 Å². The maximum atomic E-state index is 13.1. The molecule has 3 saturated heterocycles. The van der Waals surface area contributed by atoms with E-state index < -0.39 is 0 Å². The number of hydrogen-bond acceptors (Lipinski definition) is 4. The third-order valence-electron chi connectivity index (χ3n) is 6.98. The summed E-state index contributed by atoms with van der Waals surface area (Å²) in [6.45, 7) is 3.13. The van der Waals surface area contributed by atoms with E-state index >= 15 is 0 Å². The Morgan fingerprint density at radius 2 is 1.56 bits per heavy atom. The molecule has 5 rings (SSSR count). The summed E-state index contributed by atoms with van der Waals surface area (Å²) in [4.78, 5) is 28.7. The SMILES string of the molecule is O=C1CO[C@H]2CCN(C(=O)N3CCC(c4ccc(Oc5ccccc5)cc4)CC3)C[C@H]2C1. The Bertz CT molecular complexity index is 938. The van der Waals surface area contributed by atoms with Crippen molar-refractivity contribution in [2.45, 2.75) is 37.7 Å². The first kappa shape index (κ1) is 21.0. The topological polar surface area (TPSA) is 59.1 Å². The predicted molar refractivity (Wildman–Crippen MR) is 121 cm³/mol. The van der Waals surface area contributed by atoms with Crippen molar-refractivity contribution in [2.75, 3.05) is 32.8 Å². The molecule has 0 aromatic heterocycles. The molecule has 168 valence electrons. The van der Waals surface area contributed by atoms with Crippen molar-refractivity contribution in [3.63, 3.8) is 0 Å². The normalized spacial score (nSPS) is 24.2. The highest BCUT2D eigenvalue weighted by atomic mass is 16.5. The van der Waals surface area contributed by atoms with Crippen molar-refractivity contribution in [1.82, 2.24) is 9.80 Å². The number of para-hydroxylation sites is 1. The molecule has 0 radical (unpaired) electrons. The fourth-order valence-corrected chi connectivity index (χ4v) is 5.19. The minimum absolute atomic E-state index is 0.117. The molecule has 0 spiro atoms. The van der Waals surface area contributed by atoms with Crippen molar-refractivity contribution in [1.29, 1.82) is 0 Å². The van der Waals surface area contributed by atoms with Gasteiger partial charge in [-0.25, -0.2) is 4.79 Å². The average Bonchev–Trinajstić information content (AvgIpc) is 2.84. The number of ketones is 1. The Morgan fingerprint density at radius 3 is 2.31 bits per heavy atom. The fraction of sp³-hybridized carbons (Fsp3) is 0.462. The van der Waals surface area contributed by atoms with Crippen LogP contribution < -0.4 is 4.74 Å². The predicted octanol–water partition coefficient (Wildman–Crippen LogP) is 4.46. The maximum Gasteiger partial charge on any atom is 0.320 e. The molecule has 0 saturated carbocycles. The van der Waals surface area contributed by atoms with E-state index in [4.69, 9.17) is 9.47 Å². The molecule has 3 aliphatic rings. The molecule has 3 heterocycles. The number of likely N-dealkylation sites (tertiary alicyclic amines) is 2. The Kier molecular flexibility index (Phi) is 6.12. The Balaban J connectivity index is 1.13. The van der Waals surface area contributed by atoms with Gasteiger partial charge in [0.05, 0.1) is 6.10 Å². The van der Waals surface area contributed by atoms with E-state index in [1.54, 1.807) is 0 Å². The molecule has 2 aromatic rings. The van der Waals surface area contributed by atoms with Crippen LogP contribution in [0.3, 0.4) is 0 Å². The smallest absolute Gasteiger partial charge is 0.320 e. The van der Waals surface area contributed by atoms with Crippen LogP contribution in [0.25, 0.3) is 0 Å². The molecule has 0 aliphatic carbocycles. The molecule has 6 nitrogen and oxygen atoms in total. The van der Waals surface area contributed by atoms with Crippen LogP contribution in [0, 0.1) is 5.92 Å². The number of fused-ring (bicyclic) bond motifs is 1. The zero-order valence-electron chi connectivity index (χ0n) is 18.3. The Labute approximate surface area is 189 Å². The van der Waals surface area contributed by atoms with E-state index in [0.717, 1.165) is 50.4 Å². The van der Waals surface area contributed by atoms with E-state index in [-0.39, 0.29) is 30.4 Å². The van der Waals surface area contributed by atoms with E-state index in [9.17, 15) is 9.59 Å². The molecule has 3 aliphatic heterocycles. The van der Waals surface area contributed by atoms with Crippen molar-refractivity contribution >= 4 is 11.8 Å². The Hall–Kier alpha value is -2.86. The first-order chi connectivity index (χ1) is 15.7. The first-order valence-corrected chi connectivity index (χ1v) is 11.7. The number of amides is 2. The van der Waals surface area contributed by atoms with Crippen LogP contribution in [0.5, 0.6) is 11.5 Å². The van der Waals surface area contributed by atoms with Gasteiger partial charge in [-0.3, -0.25) is 4.79 Å². The second-order valence-electron chi connectivity index (χ2n) is 9.12. The molecule has 6 heteroatoms. The van der Waals surface area contributed by atoms with Gasteiger partial charge in [0.1, 0.15) is 18.1 Å². The van der Waals surface area contributed by atoms with Gasteiger partial charge in [0.2, 0.25) is 0 Å². The third kappa shape index (κ3) is 4.65. The summed E-state index contributed by atoms with van der Waals surface area (Å²) in [7, 11) is 0. The molecule has 2 aromatic carbocycles. The van der Waals surface area contributed by atoms with Gasteiger partial charge < -0.3 is 19.3 Å². The van der Waals surface area contributed by atoms with Gasteiger partial charge in [-0.05, 0) is 55.0 Å². The minimum Gasteiger partial charge on any atom is -0.457 e. The van der Waals surface area contributed by atoms with Gasteiger partial charge >= 0.3 is 6.03 Å². The van der Waals surface area contributed by atoms with Gasteiger partial charge in [-0.15, -0.1) is 0 Å². The Morgan fingerprint density at radius 1 is 0.875 bits per heavy atom. The number of Topliss-reactive ketones (excluding diaryl/α,β-unsaturated/α-hetero) is 1. The monoisotopic (exact) mass is 434 g/mol. The number of benzene rings is 2. The highest BCUT2D eigenvalue weighted by Crippen LogP contribution is 2.32. The standard InChI is InChI=1S/C26H30N2O4/c29-22-16-21-17-28(15-12-25(21)31-18-22)26(30)27-13-10-20(11-14-27)19-6-8-24(9-7-19)32-23-4-2-1-3-5-23/h1-9,20-21,25H,10-18H2/t21-,25+/m1/s1. The molecule has 3 fully saturated rings. The number of rotatable bonds is 3. The van der Waals surface area contributed by atoms with E-state index in [1.807, 2.05) is 52.3 Å².